The molecule has 1 aliphatic carbocycles. The van der Waals surface area contributed by atoms with E-state index in [1.54, 1.807) is 12.1 Å². The molecule has 4 rings (SSSR count). The number of benzene rings is 2. The quantitative estimate of drug-likeness (QED) is 0.734. The van der Waals surface area contributed by atoms with E-state index in [0.29, 0.717) is 6.42 Å². The van der Waals surface area contributed by atoms with Crippen molar-refractivity contribution in [3.63, 3.8) is 0 Å². The maximum atomic E-state index is 12.7. The number of imide groups is 1. The van der Waals surface area contributed by atoms with Crippen LogP contribution in [0.2, 0.25) is 0 Å². The van der Waals surface area contributed by atoms with Crippen molar-refractivity contribution in [2.45, 2.75) is 24.7 Å². The summed E-state index contributed by atoms with van der Waals surface area (Å²) in [7, 11) is 4.19. The number of nitrogens with two attached hydrogens (primary N) is 1. The molecule has 0 radical (unpaired) electrons. The Morgan fingerprint density at radius 1 is 1.07 bits per heavy atom. The molecule has 1 aliphatic heterocycles. The highest BCUT2D eigenvalue weighted by atomic mass is 16.2. The van der Waals surface area contributed by atoms with E-state index >= 15 is 0 Å². The highest BCUT2D eigenvalue weighted by Crippen LogP contribution is 2.48. The van der Waals surface area contributed by atoms with Crippen LogP contribution in [0.5, 0.6) is 0 Å². The summed E-state index contributed by atoms with van der Waals surface area (Å²) in [5.74, 6) is -1.52. The molecule has 2 aromatic rings. The molecular formula is C23H25N3O3. The van der Waals surface area contributed by atoms with Crippen molar-refractivity contribution < 1.29 is 14.4 Å². The largest absolute Gasteiger partial charge is 0.366 e. The highest BCUT2D eigenvalue weighted by molar-refractivity contribution is 6.24. The monoisotopic (exact) mass is 391 g/mol. The number of primary amides is 1. The fourth-order valence-corrected chi connectivity index (χ4v) is 4.30. The first-order chi connectivity index (χ1) is 13.8. The molecule has 6 heteroatoms. The average molecular weight is 391 g/mol. The third-order valence-electron chi connectivity index (χ3n) is 5.93. The molecule has 3 amide bonds. The summed E-state index contributed by atoms with van der Waals surface area (Å²) in [6.07, 6.45) is 2.99. The fourth-order valence-electron chi connectivity index (χ4n) is 4.30. The number of rotatable bonds is 7. The van der Waals surface area contributed by atoms with E-state index in [9.17, 15) is 14.4 Å². The lowest BCUT2D eigenvalue weighted by Crippen LogP contribution is -2.32. The van der Waals surface area contributed by atoms with Gasteiger partial charge in [0.1, 0.15) is 0 Å². The summed E-state index contributed by atoms with van der Waals surface area (Å²) in [4.78, 5) is 40.4. The molecule has 2 N–H and O–H groups in total. The van der Waals surface area contributed by atoms with Crippen molar-refractivity contribution in [3.8, 4) is 0 Å². The molecule has 1 fully saturated rings. The van der Waals surface area contributed by atoms with Gasteiger partial charge in [-0.2, -0.15) is 0 Å². The molecule has 0 saturated heterocycles. The van der Waals surface area contributed by atoms with Crippen molar-refractivity contribution in [3.05, 3.63) is 70.3 Å². The van der Waals surface area contributed by atoms with Gasteiger partial charge in [-0.3, -0.25) is 19.3 Å². The van der Waals surface area contributed by atoms with Gasteiger partial charge in [0.2, 0.25) is 5.91 Å². The predicted molar refractivity (Wildman–Crippen MR) is 110 cm³/mol. The number of fused-ring (bicyclic) bond motifs is 1. The third kappa shape index (κ3) is 3.44. The third-order valence-corrected chi connectivity index (χ3v) is 5.93. The summed E-state index contributed by atoms with van der Waals surface area (Å²) in [5, 5.41) is 0. The zero-order chi connectivity index (χ0) is 20.8. The molecular weight excluding hydrogens is 366 g/mol. The topological polar surface area (TPSA) is 83.7 Å². The van der Waals surface area contributed by atoms with E-state index in [-0.39, 0.29) is 34.6 Å². The number of amides is 3. The van der Waals surface area contributed by atoms with Crippen LogP contribution in [0, 0.1) is 0 Å². The standard InChI is InChI=1S/C23H25N3O3/c1-25(2)14-23(11-12-23)16-8-6-15(7-9-16)10-13-26-21(28)18-5-3-4-17(20(24)27)19(18)22(26)29/h3-9H,10-14H2,1-2H3,(H2,24,27). The fraction of sp³-hybridized carbons (Fsp3) is 0.348. The van der Waals surface area contributed by atoms with Crippen LogP contribution in [0.15, 0.2) is 42.5 Å². The zero-order valence-electron chi connectivity index (χ0n) is 16.8. The Balaban J connectivity index is 1.46. The molecule has 1 heterocycles. The van der Waals surface area contributed by atoms with Gasteiger partial charge in [0.15, 0.2) is 0 Å². The van der Waals surface area contributed by atoms with E-state index in [4.69, 9.17) is 5.73 Å². The second kappa shape index (κ2) is 7.12. The van der Waals surface area contributed by atoms with E-state index < -0.39 is 11.8 Å². The van der Waals surface area contributed by atoms with Gasteiger partial charge in [-0.1, -0.05) is 30.3 Å². The molecule has 150 valence electrons. The molecule has 0 aromatic heterocycles. The number of nitrogens with zero attached hydrogens (tertiary/aromatic N) is 2. The molecule has 6 nitrogen and oxygen atoms in total. The van der Waals surface area contributed by atoms with E-state index in [2.05, 4.69) is 43.3 Å². The Labute approximate surface area is 170 Å². The first-order valence-electron chi connectivity index (χ1n) is 9.85. The molecule has 1 saturated carbocycles. The predicted octanol–water partition coefficient (Wildman–Crippen LogP) is 2.22. The lowest BCUT2D eigenvalue weighted by Gasteiger charge is -2.21. The van der Waals surface area contributed by atoms with Gasteiger partial charge >= 0.3 is 0 Å². The van der Waals surface area contributed by atoms with Crippen molar-refractivity contribution in [2.24, 2.45) is 5.73 Å². The second-order valence-electron chi connectivity index (χ2n) is 8.32. The number of hydrogen-bond acceptors (Lipinski definition) is 4. The lowest BCUT2D eigenvalue weighted by molar-refractivity contribution is 0.0654. The normalized spacial score (nSPS) is 17.0. The van der Waals surface area contributed by atoms with Crippen LogP contribution < -0.4 is 5.73 Å². The SMILES string of the molecule is CN(C)CC1(c2ccc(CCN3C(=O)c4cccc(C(N)=O)c4C3=O)cc2)CC1. The van der Waals surface area contributed by atoms with Gasteiger partial charge in [-0.05, 0) is 56.6 Å². The van der Waals surface area contributed by atoms with Crippen LogP contribution in [0.25, 0.3) is 0 Å². The van der Waals surface area contributed by atoms with Gasteiger partial charge in [0.25, 0.3) is 11.8 Å². The maximum Gasteiger partial charge on any atom is 0.262 e. The minimum atomic E-state index is -0.702. The van der Waals surface area contributed by atoms with Crippen molar-refractivity contribution in [2.75, 3.05) is 27.2 Å². The molecule has 0 unspecified atom stereocenters. The van der Waals surface area contributed by atoms with Crippen LogP contribution in [-0.4, -0.2) is 54.7 Å². The van der Waals surface area contributed by atoms with Gasteiger partial charge in [0, 0.05) is 18.5 Å². The lowest BCUT2D eigenvalue weighted by atomic mass is 9.94. The number of hydrogen-bond donors (Lipinski definition) is 1. The van der Waals surface area contributed by atoms with Gasteiger partial charge in [-0.15, -0.1) is 0 Å². The molecule has 0 spiro atoms. The molecule has 2 aliphatic rings. The Hall–Kier alpha value is -2.99. The average Bonchev–Trinajstić information content (AvgIpc) is 3.42. The Morgan fingerprint density at radius 2 is 1.76 bits per heavy atom. The number of likely N-dealkylation sites (N-methyl/N-ethyl adjacent to an activating group) is 1. The maximum absolute atomic E-state index is 12.7. The second-order valence-corrected chi connectivity index (χ2v) is 8.32. The molecule has 0 bridgehead atoms. The van der Waals surface area contributed by atoms with Gasteiger partial charge in [-0.25, -0.2) is 0 Å². The molecule has 2 aromatic carbocycles. The van der Waals surface area contributed by atoms with Crippen LogP contribution in [-0.2, 0) is 11.8 Å². The summed E-state index contributed by atoms with van der Waals surface area (Å²) in [5.41, 5.74) is 8.53. The number of carbonyl (C=O) groups excluding carboxylic acids is 3. The Morgan fingerprint density at radius 3 is 2.34 bits per heavy atom. The van der Waals surface area contributed by atoms with Crippen molar-refractivity contribution >= 4 is 17.7 Å². The summed E-state index contributed by atoms with van der Waals surface area (Å²) >= 11 is 0. The van der Waals surface area contributed by atoms with Crippen LogP contribution in [0.3, 0.4) is 0 Å². The number of carbonyl (C=O) groups is 3. The zero-order valence-corrected chi connectivity index (χ0v) is 16.8. The minimum Gasteiger partial charge on any atom is -0.366 e. The van der Waals surface area contributed by atoms with Crippen LogP contribution in [0.4, 0.5) is 0 Å². The van der Waals surface area contributed by atoms with Crippen LogP contribution in [0.1, 0.15) is 55.0 Å². The first kappa shape index (κ1) is 19.3. The van der Waals surface area contributed by atoms with E-state index in [0.717, 1.165) is 12.1 Å². The van der Waals surface area contributed by atoms with Crippen molar-refractivity contribution in [1.82, 2.24) is 9.80 Å². The summed E-state index contributed by atoms with van der Waals surface area (Å²) in [6.45, 7) is 1.32. The van der Waals surface area contributed by atoms with Gasteiger partial charge in [0.05, 0.1) is 16.7 Å². The van der Waals surface area contributed by atoms with E-state index in [1.807, 2.05) is 0 Å². The van der Waals surface area contributed by atoms with Crippen molar-refractivity contribution in [1.29, 1.82) is 0 Å². The first-order valence-corrected chi connectivity index (χ1v) is 9.85. The molecule has 0 atom stereocenters. The minimum absolute atomic E-state index is 0.100. The molecule has 29 heavy (non-hydrogen) atoms. The highest BCUT2D eigenvalue weighted by Gasteiger charge is 2.44. The van der Waals surface area contributed by atoms with Gasteiger partial charge < -0.3 is 10.6 Å². The smallest absolute Gasteiger partial charge is 0.262 e. The summed E-state index contributed by atoms with van der Waals surface area (Å²) < 4.78 is 0. The summed E-state index contributed by atoms with van der Waals surface area (Å²) in [6, 6.07) is 13.1. The van der Waals surface area contributed by atoms with E-state index in [1.165, 1.54) is 29.4 Å². The van der Waals surface area contributed by atoms with Crippen LogP contribution >= 0.6 is 0 Å². The Kier molecular flexibility index (Phi) is 4.74. The Bertz CT molecular complexity index is 991.